The van der Waals surface area contributed by atoms with E-state index in [1.54, 1.807) is 12.2 Å². The molecule has 2 heteroatoms. The van der Waals surface area contributed by atoms with Crippen LogP contribution in [0.2, 0.25) is 0 Å². The van der Waals surface area contributed by atoms with Crippen molar-refractivity contribution < 1.29 is 4.74 Å². The highest BCUT2D eigenvalue weighted by molar-refractivity contribution is 5.26. The second kappa shape index (κ2) is 6.04. The van der Waals surface area contributed by atoms with Gasteiger partial charge in [0.05, 0.1) is 12.6 Å². The lowest BCUT2D eigenvalue weighted by Crippen LogP contribution is -2.15. The Bertz CT molecular complexity index is 330. The second-order valence-corrected chi connectivity index (χ2v) is 3.13. The van der Waals surface area contributed by atoms with Crippen molar-refractivity contribution in [3.8, 4) is 0 Å². The summed E-state index contributed by atoms with van der Waals surface area (Å²) in [5.74, 6) is 0.749. The molecule has 0 aliphatic rings. The summed E-state index contributed by atoms with van der Waals surface area (Å²) in [7, 11) is 0. The number of hydrogen-bond acceptors (Lipinski definition) is 2. The SMILES string of the molecule is C=C/C=C(/OCC)[C@@H](N)c1ccccc1. The third kappa shape index (κ3) is 3.26. The Morgan fingerprint density at radius 1 is 1.47 bits per heavy atom. The second-order valence-electron chi connectivity index (χ2n) is 3.13. The normalized spacial score (nSPS) is 13.3. The molecule has 1 rings (SSSR count). The Balaban J connectivity index is 2.85. The molecule has 0 radical (unpaired) electrons. The fourth-order valence-electron chi connectivity index (χ4n) is 1.35. The molecular formula is C13H17NO. The monoisotopic (exact) mass is 203 g/mol. The third-order valence-electron chi connectivity index (χ3n) is 2.06. The van der Waals surface area contributed by atoms with E-state index in [1.165, 1.54) is 0 Å². The maximum absolute atomic E-state index is 6.07. The number of benzene rings is 1. The van der Waals surface area contributed by atoms with Crippen LogP contribution in [0.1, 0.15) is 18.5 Å². The molecule has 0 aromatic heterocycles. The van der Waals surface area contributed by atoms with Gasteiger partial charge < -0.3 is 10.5 Å². The minimum Gasteiger partial charge on any atom is -0.496 e. The van der Waals surface area contributed by atoms with E-state index in [2.05, 4.69) is 6.58 Å². The van der Waals surface area contributed by atoms with E-state index in [-0.39, 0.29) is 6.04 Å². The summed E-state index contributed by atoms with van der Waals surface area (Å²) in [6.07, 6.45) is 3.50. The molecule has 15 heavy (non-hydrogen) atoms. The van der Waals surface area contributed by atoms with Gasteiger partial charge in [0, 0.05) is 0 Å². The fraction of sp³-hybridized carbons (Fsp3) is 0.231. The molecule has 0 amide bonds. The zero-order valence-corrected chi connectivity index (χ0v) is 9.02. The molecule has 0 saturated carbocycles. The first-order valence-corrected chi connectivity index (χ1v) is 5.05. The Morgan fingerprint density at radius 3 is 2.67 bits per heavy atom. The molecule has 0 spiro atoms. The van der Waals surface area contributed by atoms with Gasteiger partial charge in [-0.15, -0.1) is 0 Å². The maximum atomic E-state index is 6.07. The van der Waals surface area contributed by atoms with Crippen molar-refractivity contribution >= 4 is 0 Å². The lowest BCUT2D eigenvalue weighted by atomic mass is 10.1. The summed E-state index contributed by atoms with van der Waals surface area (Å²) in [6.45, 7) is 6.20. The first kappa shape index (κ1) is 11.5. The van der Waals surface area contributed by atoms with Crippen LogP contribution in [0.3, 0.4) is 0 Å². The molecule has 1 aromatic carbocycles. The van der Waals surface area contributed by atoms with E-state index in [0.717, 1.165) is 11.3 Å². The van der Waals surface area contributed by atoms with Gasteiger partial charge >= 0.3 is 0 Å². The summed E-state index contributed by atoms with van der Waals surface area (Å²) in [5.41, 5.74) is 7.11. The topological polar surface area (TPSA) is 35.2 Å². The molecule has 0 heterocycles. The van der Waals surface area contributed by atoms with E-state index in [9.17, 15) is 0 Å². The first-order valence-electron chi connectivity index (χ1n) is 5.05. The standard InChI is InChI=1S/C13H17NO/c1-3-8-12(15-4-2)13(14)11-9-6-5-7-10-11/h3,5-10,13H,1,4,14H2,2H3/b12-8+/t13-/m0/s1. The summed E-state index contributed by atoms with van der Waals surface area (Å²) in [5, 5.41) is 0. The predicted molar refractivity (Wildman–Crippen MR) is 63.3 cm³/mol. The van der Waals surface area contributed by atoms with Gasteiger partial charge in [0.15, 0.2) is 0 Å². The van der Waals surface area contributed by atoms with Crippen molar-refractivity contribution in [1.82, 2.24) is 0 Å². The molecule has 0 bridgehead atoms. The van der Waals surface area contributed by atoms with Crippen LogP contribution in [-0.2, 0) is 4.74 Å². The molecule has 1 aromatic rings. The highest BCUT2D eigenvalue weighted by Gasteiger charge is 2.11. The van der Waals surface area contributed by atoms with E-state index in [1.807, 2.05) is 37.3 Å². The Hall–Kier alpha value is -1.54. The highest BCUT2D eigenvalue weighted by atomic mass is 16.5. The van der Waals surface area contributed by atoms with Crippen LogP contribution >= 0.6 is 0 Å². The van der Waals surface area contributed by atoms with Gasteiger partial charge in [0.2, 0.25) is 0 Å². The summed E-state index contributed by atoms with van der Waals surface area (Å²) >= 11 is 0. The average molecular weight is 203 g/mol. The van der Waals surface area contributed by atoms with Crippen LogP contribution in [0, 0.1) is 0 Å². The highest BCUT2D eigenvalue weighted by Crippen LogP contribution is 2.19. The van der Waals surface area contributed by atoms with Gasteiger partial charge in [-0.05, 0) is 18.6 Å². The summed E-state index contributed by atoms with van der Waals surface area (Å²) in [4.78, 5) is 0. The quantitative estimate of drug-likeness (QED) is 0.590. The van der Waals surface area contributed by atoms with Crippen LogP contribution in [-0.4, -0.2) is 6.61 Å². The van der Waals surface area contributed by atoms with Crippen LogP contribution < -0.4 is 5.73 Å². The minimum atomic E-state index is -0.218. The lowest BCUT2D eigenvalue weighted by molar-refractivity contribution is 0.209. The summed E-state index contributed by atoms with van der Waals surface area (Å²) in [6, 6.07) is 9.65. The van der Waals surface area contributed by atoms with Gasteiger partial charge in [0.25, 0.3) is 0 Å². The van der Waals surface area contributed by atoms with Crippen LogP contribution in [0.15, 0.2) is 54.8 Å². The van der Waals surface area contributed by atoms with Crippen LogP contribution in [0.5, 0.6) is 0 Å². The maximum Gasteiger partial charge on any atom is 0.117 e. The number of nitrogens with two attached hydrogens (primary N) is 1. The number of allylic oxidation sites excluding steroid dienone is 2. The lowest BCUT2D eigenvalue weighted by Gasteiger charge is -2.16. The van der Waals surface area contributed by atoms with Gasteiger partial charge in [0.1, 0.15) is 5.76 Å². The molecular weight excluding hydrogens is 186 g/mol. The van der Waals surface area contributed by atoms with E-state index in [0.29, 0.717) is 6.61 Å². The predicted octanol–water partition coefficient (Wildman–Crippen LogP) is 2.79. The molecule has 80 valence electrons. The average Bonchev–Trinajstić information content (AvgIpc) is 2.29. The zero-order valence-electron chi connectivity index (χ0n) is 9.02. The van der Waals surface area contributed by atoms with Crippen LogP contribution in [0.4, 0.5) is 0 Å². The molecule has 2 N–H and O–H groups in total. The van der Waals surface area contributed by atoms with Crippen molar-refractivity contribution in [1.29, 1.82) is 0 Å². The van der Waals surface area contributed by atoms with E-state index < -0.39 is 0 Å². The third-order valence-corrected chi connectivity index (χ3v) is 2.06. The number of hydrogen-bond donors (Lipinski definition) is 1. The molecule has 0 saturated heterocycles. The molecule has 0 aliphatic carbocycles. The van der Waals surface area contributed by atoms with Crippen molar-refractivity contribution in [2.45, 2.75) is 13.0 Å². The number of rotatable bonds is 5. The minimum absolute atomic E-state index is 0.218. The van der Waals surface area contributed by atoms with Gasteiger partial charge in [-0.25, -0.2) is 0 Å². The molecule has 0 unspecified atom stereocenters. The summed E-state index contributed by atoms with van der Waals surface area (Å²) < 4.78 is 5.46. The first-order chi connectivity index (χ1) is 7.29. The molecule has 0 fully saturated rings. The van der Waals surface area contributed by atoms with Gasteiger partial charge in [-0.2, -0.15) is 0 Å². The Morgan fingerprint density at radius 2 is 2.13 bits per heavy atom. The molecule has 2 nitrogen and oxygen atoms in total. The largest absolute Gasteiger partial charge is 0.496 e. The van der Waals surface area contributed by atoms with Crippen LogP contribution in [0.25, 0.3) is 0 Å². The zero-order chi connectivity index (χ0) is 11.1. The smallest absolute Gasteiger partial charge is 0.117 e. The Kier molecular flexibility index (Phi) is 4.64. The molecule has 1 atom stereocenters. The molecule has 0 aliphatic heterocycles. The van der Waals surface area contributed by atoms with Gasteiger partial charge in [-0.3, -0.25) is 0 Å². The van der Waals surface area contributed by atoms with Crippen molar-refractivity contribution in [3.05, 3.63) is 60.4 Å². The van der Waals surface area contributed by atoms with E-state index in [4.69, 9.17) is 10.5 Å². The van der Waals surface area contributed by atoms with Crippen molar-refractivity contribution in [2.24, 2.45) is 5.73 Å². The van der Waals surface area contributed by atoms with Gasteiger partial charge in [-0.1, -0.05) is 43.0 Å². The van der Waals surface area contributed by atoms with Crippen molar-refractivity contribution in [3.63, 3.8) is 0 Å². The Labute approximate surface area is 91.1 Å². The fourth-order valence-corrected chi connectivity index (χ4v) is 1.35. The number of ether oxygens (including phenoxy) is 1. The van der Waals surface area contributed by atoms with E-state index >= 15 is 0 Å². The van der Waals surface area contributed by atoms with Crippen molar-refractivity contribution in [2.75, 3.05) is 6.61 Å².